The largest absolute Gasteiger partial charge is 0.326 e. The maximum Gasteiger partial charge on any atom is 0.0244 e. The van der Waals surface area contributed by atoms with Gasteiger partial charge in [-0.05, 0) is 36.7 Å². The van der Waals surface area contributed by atoms with Crippen molar-refractivity contribution in [2.75, 3.05) is 13.1 Å². The molecular formula is C13H21BrN2. The SMILES string of the molecule is CCCN(CC)Cc1ccc(CN)cc1Br. The maximum atomic E-state index is 5.61. The van der Waals surface area contributed by atoms with E-state index in [1.807, 2.05) is 0 Å². The van der Waals surface area contributed by atoms with E-state index < -0.39 is 0 Å². The highest BCUT2D eigenvalue weighted by molar-refractivity contribution is 9.10. The van der Waals surface area contributed by atoms with Crippen LogP contribution in [0.2, 0.25) is 0 Å². The Hall–Kier alpha value is -0.380. The molecule has 0 aliphatic heterocycles. The van der Waals surface area contributed by atoms with E-state index in [4.69, 9.17) is 5.73 Å². The standard InChI is InChI=1S/C13H21BrN2/c1-3-7-16(4-2)10-12-6-5-11(9-15)8-13(12)14/h5-6,8H,3-4,7,9-10,15H2,1-2H3. The fraction of sp³-hybridized carbons (Fsp3) is 0.538. The molecule has 0 saturated carbocycles. The Bertz CT molecular complexity index is 326. The first-order valence-corrected chi connectivity index (χ1v) is 6.70. The molecule has 90 valence electrons. The second-order valence-corrected chi connectivity index (χ2v) is 4.85. The van der Waals surface area contributed by atoms with Gasteiger partial charge in [0.1, 0.15) is 0 Å². The van der Waals surface area contributed by atoms with Gasteiger partial charge in [-0.2, -0.15) is 0 Å². The van der Waals surface area contributed by atoms with Crippen molar-refractivity contribution >= 4 is 15.9 Å². The van der Waals surface area contributed by atoms with Crippen LogP contribution in [0.5, 0.6) is 0 Å². The number of hydrogen-bond acceptors (Lipinski definition) is 2. The molecule has 1 aromatic rings. The lowest BCUT2D eigenvalue weighted by molar-refractivity contribution is 0.280. The van der Waals surface area contributed by atoms with Crippen LogP contribution in [0.1, 0.15) is 31.4 Å². The van der Waals surface area contributed by atoms with Gasteiger partial charge in [-0.1, -0.05) is 41.9 Å². The minimum Gasteiger partial charge on any atom is -0.326 e. The smallest absolute Gasteiger partial charge is 0.0244 e. The molecular weight excluding hydrogens is 264 g/mol. The number of benzene rings is 1. The molecule has 16 heavy (non-hydrogen) atoms. The molecule has 0 radical (unpaired) electrons. The molecule has 1 rings (SSSR count). The number of nitrogens with zero attached hydrogens (tertiary/aromatic N) is 1. The van der Waals surface area contributed by atoms with E-state index in [9.17, 15) is 0 Å². The van der Waals surface area contributed by atoms with E-state index in [-0.39, 0.29) is 0 Å². The van der Waals surface area contributed by atoms with Crippen LogP contribution in [0, 0.1) is 0 Å². The molecule has 0 aromatic heterocycles. The van der Waals surface area contributed by atoms with Gasteiger partial charge in [0.2, 0.25) is 0 Å². The van der Waals surface area contributed by atoms with Crippen LogP contribution in [0.3, 0.4) is 0 Å². The Kier molecular flexibility index (Phi) is 6.03. The molecule has 0 aliphatic carbocycles. The maximum absolute atomic E-state index is 5.61. The van der Waals surface area contributed by atoms with Crippen LogP contribution in [-0.4, -0.2) is 18.0 Å². The molecule has 0 aliphatic rings. The van der Waals surface area contributed by atoms with Gasteiger partial charge in [-0.25, -0.2) is 0 Å². The van der Waals surface area contributed by atoms with E-state index in [1.165, 1.54) is 22.0 Å². The van der Waals surface area contributed by atoms with Gasteiger partial charge in [0.05, 0.1) is 0 Å². The zero-order valence-electron chi connectivity index (χ0n) is 10.2. The van der Waals surface area contributed by atoms with E-state index >= 15 is 0 Å². The normalized spacial score (nSPS) is 11.1. The van der Waals surface area contributed by atoms with Gasteiger partial charge in [0, 0.05) is 17.6 Å². The summed E-state index contributed by atoms with van der Waals surface area (Å²) >= 11 is 3.61. The van der Waals surface area contributed by atoms with Crippen molar-refractivity contribution in [1.29, 1.82) is 0 Å². The lowest BCUT2D eigenvalue weighted by Crippen LogP contribution is -2.23. The molecule has 0 spiro atoms. The van der Waals surface area contributed by atoms with E-state index in [1.54, 1.807) is 0 Å². The average Bonchev–Trinajstić information content (AvgIpc) is 2.30. The van der Waals surface area contributed by atoms with Gasteiger partial charge in [-0.3, -0.25) is 4.90 Å². The molecule has 2 nitrogen and oxygen atoms in total. The van der Waals surface area contributed by atoms with Gasteiger partial charge in [0.15, 0.2) is 0 Å². The molecule has 0 bridgehead atoms. The first-order valence-electron chi connectivity index (χ1n) is 5.91. The topological polar surface area (TPSA) is 29.3 Å². The summed E-state index contributed by atoms with van der Waals surface area (Å²) in [6.07, 6.45) is 1.20. The summed E-state index contributed by atoms with van der Waals surface area (Å²) in [6.45, 7) is 8.29. The highest BCUT2D eigenvalue weighted by Gasteiger charge is 2.06. The fourth-order valence-corrected chi connectivity index (χ4v) is 2.30. The second kappa shape index (κ2) is 7.05. The molecule has 0 unspecified atom stereocenters. The van der Waals surface area contributed by atoms with Crippen LogP contribution in [-0.2, 0) is 13.1 Å². The summed E-state index contributed by atoms with van der Waals surface area (Å²) in [6, 6.07) is 6.40. The van der Waals surface area contributed by atoms with Crippen molar-refractivity contribution < 1.29 is 0 Å². The van der Waals surface area contributed by atoms with Crippen molar-refractivity contribution in [2.45, 2.75) is 33.4 Å². The van der Waals surface area contributed by atoms with Crippen molar-refractivity contribution in [3.05, 3.63) is 33.8 Å². The predicted octanol–water partition coefficient (Wildman–Crippen LogP) is 3.14. The Morgan fingerprint density at radius 3 is 2.56 bits per heavy atom. The predicted molar refractivity (Wildman–Crippen MR) is 73.3 cm³/mol. The summed E-state index contributed by atoms with van der Waals surface area (Å²) in [5, 5.41) is 0. The summed E-state index contributed by atoms with van der Waals surface area (Å²) in [7, 11) is 0. The second-order valence-electron chi connectivity index (χ2n) is 4.00. The number of halogens is 1. The summed E-state index contributed by atoms with van der Waals surface area (Å²) in [4.78, 5) is 2.45. The third-order valence-electron chi connectivity index (χ3n) is 2.73. The Morgan fingerprint density at radius 2 is 2.06 bits per heavy atom. The molecule has 1 aromatic carbocycles. The van der Waals surface area contributed by atoms with Gasteiger partial charge in [0.25, 0.3) is 0 Å². The van der Waals surface area contributed by atoms with Crippen LogP contribution >= 0.6 is 15.9 Å². The van der Waals surface area contributed by atoms with E-state index in [2.05, 4.69) is 52.9 Å². The minimum absolute atomic E-state index is 0.603. The highest BCUT2D eigenvalue weighted by Crippen LogP contribution is 2.20. The van der Waals surface area contributed by atoms with Crippen LogP contribution in [0.4, 0.5) is 0 Å². The zero-order chi connectivity index (χ0) is 12.0. The molecule has 0 saturated heterocycles. The minimum atomic E-state index is 0.603. The molecule has 0 fully saturated rings. The van der Waals surface area contributed by atoms with Crippen LogP contribution in [0.15, 0.2) is 22.7 Å². The third-order valence-corrected chi connectivity index (χ3v) is 3.47. The van der Waals surface area contributed by atoms with Crippen molar-refractivity contribution in [2.24, 2.45) is 5.73 Å². The van der Waals surface area contributed by atoms with Crippen molar-refractivity contribution in [1.82, 2.24) is 4.90 Å². The summed E-state index contributed by atoms with van der Waals surface area (Å²) in [5.41, 5.74) is 8.13. The molecule has 0 atom stereocenters. The molecule has 0 amide bonds. The summed E-state index contributed by atoms with van der Waals surface area (Å²) in [5.74, 6) is 0. The van der Waals surface area contributed by atoms with Crippen LogP contribution in [0.25, 0.3) is 0 Å². The Labute approximate surface area is 107 Å². The number of hydrogen-bond donors (Lipinski definition) is 1. The van der Waals surface area contributed by atoms with Gasteiger partial charge >= 0.3 is 0 Å². The fourth-order valence-electron chi connectivity index (χ4n) is 1.75. The van der Waals surface area contributed by atoms with Crippen LogP contribution < -0.4 is 5.73 Å². The molecule has 2 N–H and O–H groups in total. The number of rotatable bonds is 6. The van der Waals surface area contributed by atoms with Crippen molar-refractivity contribution in [3.63, 3.8) is 0 Å². The Morgan fingerprint density at radius 1 is 1.31 bits per heavy atom. The first kappa shape index (κ1) is 13.7. The highest BCUT2D eigenvalue weighted by atomic mass is 79.9. The Balaban J connectivity index is 2.72. The third kappa shape index (κ3) is 3.89. The lowest BCUT2D eigenvalue weighted by Gasteiger charge is -2.20. The van der Waals surface area contributed by atoms with Gasteiger partial charge in [-0.15, -0.1) is 0 Å². The molecule has 3 heteroatoms. The average molecular weight is 285 g/mol. The van der Waals surface area contributed by atoms with Gasteiger partial charge < -0.3 is 5.73 Å². The monoisotopic (exact) mass is 284 g/mol. The summed E-state index contributed by atoms with van der Waals surface area (Å²) < 4.78 is 1.17. The quantitative estimate of drug-likeness (QED) is 0.870. The van der Waals surface area contributed by atoms with Crippen molar-refractivity contribution in [3.8, 4) is 0 Å². The van der Waals surface area contributed by atoms with E-state index in [0.717, 1.165) is 19.6 Å². The number of nitrogens with two attached hydrogens (primary N) is 1. The zero-order valence-corrected chi connectivity index (χ0v) is 11.8. The lowest BCUT2D eigenvalue weighted by atomic mass is 10.1. The van der Waals surface area contributed by atoms with E-state index in [0.29, 0.717) is 6.54 Å². The molecule has 0 heterocycles. The first-order chi connectivity index (χ1) is 7.71.